The van der Waals surface area contributed by atoms with Crippen LogP contribution in [0.25, 0.3) is 0 Å². The van der Waals surface area contributed by atoms with Gasteiger partial charge in [0, 0.05) is 19.1 Å². The van der Waals surface area contributed by atoms with Crippen molar-refractivity contribution in [2.24, 2.45) is 5.92 Å². The van der Waals surface area contributed by atoms with Crippen molar-refractivity contribution in [2.45, 2.75) is 38.6 Å². The number of carbonyl (C=O) groups is 2. The van der Waals surface area contributed by atoms with Crippen molar-refractivity contribution in [2.75, 3.05) is 6.61 Å². The lowest BCUT2D eigenvalue weighted by Crippen LogP contribution is -2.58. The van der Waals surface area contributed by atoms with Crippen LogP contribution in [0.4, 0.5) is 4.79 Å². The van der Waals surface area contributed by atoms with Crippen LogP contribution >= 0.6 is 0 Å². The number of aryl methyl sites for hydroxylation is 1. The molecule has 4 rings (SSSR count). The predicted octanol–water partition coefficient (Wildman–Crippen LogP) is 2.02. The minimum absolute atomic E-state index is 0.113. The van der Waals surface area contributed by atoms with Crippen LogP contribution in [0.15, 0.2) is 35.1 Å². The first-order valence-corrected chi connectivity index (χ1v) is 9.07. The van der Waals surface area contributed by atoms with Crippen molar-refractivity contribution in [1.29, 1.82) is 0 Å². The van der Waals surface area contributed by atoms with Crippen molar-refractivity contribution in [1.82, 2.24) is 20.9 Å². The summed E-state index contributed by atoms with van der Waals surface area (Å²) in [5.74, 6) is 0.392. The van der Waals surface area contributed by atoms with Gasteiger partial charge in [0.2, 0.25) is 0 Å². The number of nitrogens with one attached hydrogen (secondary N) is 3. The Morgan fingerprint density at radius 2 is 2.26 bits per heavy atom. The molecule has 3 atom stereocenters. The highest BCUT2D eigenvalue weighted by Gasteiger charge is 2.39. The van der Waals surface area contributed by atoms with Gasteiger partial charge in [-0.05, 0) is 30.9 Å². The Hall–Kier alpha value is -2.87. The second-order valence-corrected chi connectivity index (χ2v) is 6.88. The van der Waals surface area contributed by atoms with Gasteiger partial charge in [-0.2, -0.15) is 0 Å². The highest BCUT2D eigenvalue weighted by Crippen LogP contribution is 2.34. The van der Waals surface area contributed by atoms with E-state index in [0.717, 1.165) is 24.0 Å². The Bertz CT molecular complexity index is 850. The maximum absolute atomic E-state index is 12.2. The molecular formula is C19H22N4O4. The van der Waals surface area contributed by atoms with E-state index < -0.39 is 0 Å². The molecule has 3 heterocycles. The Labute approximate surface area is 156 Å². The third-order valence-electron chi connectivity index (χ3n) is 5.08. The normalized spacial score (nSPS) is 24.5. The average molecular weight is 370 g/mol. The van der Waals surface area contributed by atoms with Gasteiger partial charge >= 0.3 is 6.03 Å². The number of hydrogen-bond acceptors (Lipinski definition) is 5. The van der Waals surface area contributed by atoms with Crippen LogP contribution in [0.2, 0.25) is 0 Å². The van der Waals surface area contributed by atoms with Gasteiger partial charge in [-0.1, -0.05) is 24.3 Å². The van der Waals surface area contributed by atoms with Gasteiger partial charge in [0.25, 0.3) is 5.91 Å². The number of fused-ring (bicyclic) bond motifs is 1. The first kappa shape index (κ1) is 17.5. The van der Waals surface area contributed by atoms with Crippen LogP contribution in [-0.4, -0.2) is 29.8 Å². The largest absolute Gasteiger partial charge is 0.448 e. The molecule has 1 aromatic carbocycles. The van der Waals surface area contributed by atoms with Crippen molar-refractivity contribution in [3.8, 4) is 0 Å². The van der Waals surface area contributed by atoms with E-state index in [1.54, 1.807) is 6.92 Å². The van der Waals surface area contributed by atoms with Gasteiger partial charge in [0.15, 0.2) is 12.1 Å². The average Bonchev–Trinajstić information content (AvgIpc) is 3.11. The molecule has 0 bridgehead atoms. The van der Waals surface area contributed by atoms with Crippen LogP contribution in [0, 0.1) is 12.8 Å². The number of aromatic nitrogens is 1. The molecule has 2 aliphatic heterocycles. The van der Waals surface area contributed by atoms with Crippen LogP contribution in [0.1, 0.15) is 46.3 Å². The molecule has 142 valence electrons. The molecule has 3 amide bonds. The SMILES string of the molecule is Cc1ocnc1C(=O)NCc1cccc([C@@H]2NC(=O)N[C@H]3OCCC[C@H]32)c1. The fourth-order valence-corrected chi connectivity index (χ4v) is 3.73. The summed E-state index contributed by atoms with van der Waals surface area (Å²) in [5.41, 5.74) is 2.25. The summed E-state index contributed by atoms with van der Waals surface area (Å²) in [6.45, 7) is 2.73. The summed E-state index contributed by atoms with van der Waals surface area (Å²) >= 11 is 0. The fraction of sp³-hybridized carbons (Fsp3) is 0.421. The molecule has 8 heteroatoms. The zero-order valence-corrected chi connectivity index (χ0v) is 15.0. The Morgan fingerprint density at radius 3 is 3.07 bits per heavy atom. The van der Waals surface area contributed by atoms with Crippen LogP contribution in [-0.2, 0) is 11.3 Å². The summed E-state index contributed by atoms with van der Waals surface area (Å²) in [5, 5.41) is 8.71. The van der Waals surface area contributed by atoms with E-state index >= 15 is 0 Å². The molecule has 2 saturated heterocycles. The second kappa shape index (κ2) is 7.40. The van der Waals surface area contributed by atoms with Crippen LogP contribution in [0.5, 0.6) is 0 Å². The highest BCUT2D eigenvalue weighted by atomic mass is 16.5. The molecule has 0 aliphatic carbocycles. The molecule has 3 N–H and O–H groups in total. The molecule has 27 heavy (non-hydrogen) atoms. The van der Waals surface area contributed by atoms with E-state index in [9.17, 15) is 9.59 Å². The maximum atomic E-state index is 12.2. The first-order chi connectivity index (χ1) is 13.1. The van der Waals surface area contributed by atoms with Crippen molar-refractivity contribution in [3.05, 3.63) is 53.2 Å². The van der Waals surface area contributed by atoms with Gasteiger partial charge in [-0.15, -0.1) is 0 Å². The van der Waals surface area contributed by atoms with Gasteiger partial charge in [0.1, 0.15) is 12.0 Å². The lowest BCUT2D eigenvalue weighted by atomic mass is 9.85. The second-order valence-electron chi connectivity index (χ2n) is 6.88. The number of hydrogen-bond donors (Lipinski definition) is 3. The summed E-state index contributed by atoms with van der Waals surface area (Å²) in [6, 6.07) is 7.55. The zero-order chi connectivity index (χ0) is 18.8. The van der Waals surface area contributed by atoms with Gasteiger partial charge < -0.3 is 25.1 Å². The molecule has 0 radical (unpaired) electrons. The number of urea groups is 1. The van der Waals surface area contributed by atoms with Gasteiger partial charge in [-0.3, -0.25) is 4.79 Å². The predicted molar refractivity (Wildman–Crippen MR) is 95.7 cm³/mol. The van der Waals surface area contributed by atoms with E-state index in [0.29, 0.717) is 24.6 Å². The standard InChI is InChI=1S/C19H22N4O4/c1-11-15(21-10-27-11)17(24)20-9-12-4-2-5-13(8-12)16-14-6-3-7-26-18(14)23-19(25)22-16/h2,4-5,8,10,14,16,18H,3,6-7,9H2,1H3,(H,20,24)(H2,22,23,25)/t14-,16-,18-/m0/s1. The van der Waals surface area contributed by atoms with E-state index in [-0.39, 0.29) is 30.1 Å². The van der Waals surface area contributed by atoms with E-state index in [2.05, 4.69) is 20.9 Å². The molecule has 8 nitrogen and oxygen atoms in total. The number of benzene rings is 1. The summed E-state index contributed by atoms with van der Waals surface area (Å²) < 4.78 is 10.8. The van der Waals surface area contributed by atoms with E-state index in [4.69, 9.17) is 9.15 Å². The zero-order valence-electron chi connectivity index (χ0n) is 15.0. The van der Waals surface area contributed by atoms with Gasteiger partial charge in [-0.25, -0.2) is 9.78 Å². The molecule has 0 spiro atoms. The molecule has 2 fully saturated rings. The topological polar surface area (TPSA) is 105 Å². The maximum Gasteiger partial charge on any atom is 0.317 e. The Kier molecular flexibility index (Phi) is 4.81. The number of nitrogens with zero attached hydrogens (tertiary/aromatic N) is 1. The Morgan fingerprint density at radius 1 is 1.37 bits per heavy atom. The molecule has 1 aromatic heterocycles. The van der Waals surface area contributed by atoms with Crippen LogP contribution in [0.3, 0.4) is 0 Å². The third kappa shape index (κ3) is 3.66. The number of carbonyl (C=O) groups excluding carboxylic acids is 2. The summed E-state index contributed by atoms with van der Waals surface area (Å²) in [7, 11) is 0. The third-order valence-corrected chi connectivity index (χ3v) is 5.08. The molecule has 2 aromatic rings. The fourth-order valence-electron chi connectivity index (χ4n) is 3.73. The minimum Gasteiger partial charge on any atom is -0.448 e. The molecular weight excluding hydrogens is 348 g/mol. The number of rotatable bonds is 4. The van der Waals surface area contributed by atoms with Gasteiger partial charge in [0.05, 0.1) is 6.04 Å². The summed E-state index contributed by atoms with van der Waals surface area (Å²) in [6.07, 6.45) is 2.96. The van der Waals surface area contributed by atoms with Crippen molar-refractivity contribution in [3.63, 3.8) is 0 Å². The summed E-state index contributed by atoms with van der Waals surface area (Å²) in [4.78, 5) is 28.1. The van der Waals surface area contributed by atoms with E-state index in [1.165, 1.54) is 6.39 Å². The lowest BCUT2D eigenvalue weighted by molar-refractivity contribution is -0.0602. The van der Waals surface area contributed by atoms with Crippen molar-refractivity contribution < 1.29 is 18.7 Å². The molecule has 0 unspecified atom stereocenters. The monoisotopic (exact) mass is 370 g/mol. The number of amides is 3. The first-order valence-electron chi connectivity index (χ1n) is 9.07. The number of oxazole rings is 1. The van der Waals surface area contributed by atoms with Crippen molar-refractivity contribution >= 4 is 11.9 Å². The quantitative estimate of drug-likeness (QED) is 0.764. The Balaban J connectivity index is 1.47. The smallest absolute Gasteiger partial charge is 0.317 e. The minimum atomic E-state index is -0.275. The highest BCUT2D eigenvalue weighted by molar-refractivity contribution is 5.92. The van der Waals surface area contributed by atoms with E-state index in [1.807, 2.05) is 24.3 Å². The van der Waals surface area contributed by atoms with Crippen LogP contribution < -0.4 is 16.0 Å². The molecule has 0 saturated carbocycles. The lowest BCUT2D eigenvalue weighted by Gasteiger charge is -2.42. The molecule has 2 aliphatic rings. The number of ether oxygens (including phenoxy) is 1.